The number of hydrogen-bond acceptors (Lipinski definition) is 5. The summed E-state index contributed by atoms with van der Waals surface area (Å²) in [5.74, 6) is -1.97. The monoisotopic (exact) mass is 619 g/mol. The van der Waals surface area contributed by atoms with Crippen LogP contribution in [0, 0.1) is 11.8 Å². The first-order valence-electron chi connectivity index (χ1n) is 15.6. The molecule has 45 heavy (non-hydrogen) atoms. The van der Waals surface area contributed by atoms with Crippen LogP contribution in [-0.4, -0.2) is 72.8 Å². The first-order chi connectivity index (χ1) is 21.9. The molecule has 0 radical (unpaired) electrons. The molecule has 230 valence electrons. The van der Waals surface area contributed by atoms with E-state index in [1.807, 2.05) is 121 Å². The van der Waals surface area contributed by atoms with Crippen molar-refractivity contribution < 1.29 is 19.5 Å². The lowest BCUT2D eigenvalue weighted by Gasteiger charge is -2.40. The van der Waals surface area contributed by atoms with Gasteiger partial charge in [-0.2, -0.15) is 0 Å². The first kappa shape index (κ1) is 29.6. The average molecular weight is 620 g/mol. The van der Waals surface area contributed by atoms with Crippen molar-refractivity contribution in [1.82, 2.24) is 14.7 Å². The van der Waals surface area contributed by atoms with Gasteiger partial charge in [0.1, 0.15) is 6.04 Å². The lowest BCUT2D eigenvalue weighted by Crippen LogP contribution is -2.54. The molecule has 1 unspecified atom stereocenters. The van der Waals surface area contributed by atoms with Gasteiger partial charge >= 0.3 is 0 Å². The number of amides is 3. The van der Waals surface area contributed by atoms with Crippen LogP contribution in [0.4, 0.5) is 0 Å². The molecule has 0 bridgehead atoms. The maximum Gasteiger partial charge on any atom is 0.247 e. The Balaban J connectivity index is 1.34. The summed E-state index contributed by atoms with van der Waals surface area (Å²) in [4.78, 5) is 49.7. The molecule has 7 rings (SSSR count). The van der Waals surface area contributed by atoms with Crippen LogP contribution in [0.2, 0.25) is 0 Å². The van der Waals surface area contributed by atoms with Crippen molar-refractivity contribution in [2.24, 2.45) is 11.8 Å². The Bertz CT molecular complexity index is 1650. The van der Waals surface area contributed by atoms with Gasteiger partial charge in [0.15, 0.2) is 0 Å². The van der Waals surface area contributed by atoms with Crippen LogP contribution >= 0.6 is 11.8 Å². The highest BCUT2D eigenvalue weighted by atomic mass is 32.2. The van der Waals surface area contributed by atoms with E-state index in [1.54, 1.807) is 21.6 Å². The van der Waals surface area contributed by atoms with Crippen molar-refractivity contribution in [3.8, 4) is 0 Å². The van der Waals surface area contributed by atoms with Gasteiger partial charge in [-0.05, 0) is 23.6 Å². The highest BCUT2D eigenvalue weighted by molar-refractivity contribution is 8.02. The standard InChI is InChI=1S/C37H37N3O4S/c1-36-19-11-21-38(23-26-13-5-2-6-14-26)33(42)30(36)31-34(43)40(29(25-41)28-17-9-4-10-18-28)32-35(44)39(22-12-20-37(31,32)45-36)24-27-15-7-3-8-16-27/h2-20,29-32,41H,21-25H2,1H3/t29-,30+,31+,32?,36-,37+/m1/s1. The Morgan fingerprint density at radius 2 is 1.27 bits per heavy atom. The van der Waals surface area contributed by atoms with Crippen LogP contribution in [0.5, 0.6) is 0 Å². The maximum atomic E-state index is 15.0. The summed E-state index contributed by atoms with van der Waals surface area (Å²) in [6, 6.07) is 27.5. The molecule has 7 nitrogen and oxygen atoms in total. The second-order valence-electron chi connectivity index (χ2n) is 12.6. The van der Waals surface area contributed by atoms with Gasteiger partial charge < -0.3 is 19.8 Å². The van der Waals surface area contributed by atoms with E-state index in [1.165, 1.54) is 0 Å². The molecule has 6 atom stereocenters. The Labute approximate surface area is 268 Å². The summed E-state index contributed by atoms with van der Waals surface area (Å²) in [6.07, 6.45) is 8.15. The maximum absolute atomic E-state index is 15.0. The molecule has 8 heteroatoms. The van der Waals surface area contributed by atoms with E-state index in [0.29, 0.717) is 26.2 Å². The van der Waals surface area contributed by atoms with Gasteiger partial charge in [-0.3, -0.25) is 14.4 Å². The molecule has 1 N–H and O–H groups in total. The molecule has 2 saturated heterocycles. The molecule has 4 heterocycles. The second-order valence-corrected chi connectivity index (χ2v) is 14.4. The van der Waals surface area contributed by atoms with Gasteiger partial charge in [-0.1, -0.05) is 115 Å². The van der Waals surface area contributed by atoms with Crippen molar-refractivity contribution in [1.29, 1.82) is 0 Å². The van der Waals surface area contributed by atoms with E-state index < -0.39 is 33.4 Å². The number of carbonyl (C=O) groups is 3. The summed E-state index contributed by atoms with van der Waals surface area (Å²) in [6.45, 7) is 3.37. The smallest absolute Gasteiger partial charge is 0.247 e. The number of hydrogen-bond donors (Lipinski definition) is 1. The summed E-state index contributed by atoms with van der Waals surface area (Å²) in [7, 11) is 0. The third kappa shape index (κ3) is 4.91. The normalized spacial score (nSPS) is 29.7. The van der Waals surface area contributed by atoms with Crippen LogP contribution < -0.4 is 0 Å². The van der Waals surface area contributed by atoms with Crippen molar-refractivity contribution in [2.45, 2.75) is 41.6 Å². The van der Waals surface area contributed by atoms with Crippen molar-refractivity contribution in [3.63, 3.8) is 0 Å². The van der Waals surface area contributed by atoms with E-state index >= 15 is 0 Å². The zero-order chi connectivity index (χ0) is 31.2. The minimum atomic E-state index is -0.989. The highest BCUT2D eigenvalue weighted by Gasteiger charge is 2.74. The van der Waals surface area contributed by atoms with E-state index in [-0.39, 0.29) is 24.3 Å². The summed E-state index contributed by atoms with van der Waals surface area (Å²) in [5, 5.41) is 10.8. The molecule has 3 aromatic rings. The molecule has 0 aromatic heterocycles. The molecular formula is C37H37N3O4S. The molecule has 3 aromatic carbocycles. The highest BCUT2D eigenvalue weighted by Crippen LogP contribution is 2.66. The minimum absolute atomic E-state index is 0.0822. The van der Waals surface area contributed by atoms with Gasteiger partial charge in [0.2, 0.25) is 17.7 Å². The predicted octanol–water partition coefficient (Wildman–Crippen LogP) is 4.60. The molecule has 4 aliphatic rings. The molecule has 2 fully saturated rings. The third-order valence-electron chi connectivity index (χ3n) is 9.79. The Kier molecular flexibility index (Phi) is 7.66. The molecule has 0 aliphatic carbocycles. The Hall–Kier alpha value is -4.14. The number of likely N-dealkylation sites (tertiary alicyclic amines) is 1. The number of carbonyl (C=O) groups excluding carboxylic acids is 3. The number of aliphatic hydroxyl groups is 1. The molecule has 3 amide bonds. The Morgan fingerprint density at radius 3 is 1.84 bits per heavy atom. The van der Waals surface area contributed by atoms with Crippen molar-refractivity contribution in [2.75, 3.05) is 19.7 Å². The lowest BCUT2D eigenvalue weighted by atomic mass is 9.74. The van der Waals surface area contributed by atoms with Crippen LogP contribution in [0.15, 0.2) is 115 Å². The van der Waals surface area contributed by atoms with Gasteiger partial charge in [0.25, 0.3) is 0 Å². The van der Waals surface area contributed by atoms with Crippen LogP contribution in [0.25, 0.3) is 0 Å². The molecular weight excluding hydrogens is 582 g/mol. The zero-order valence-electron chi connectivity index (χ0n) is 25.2. The number of benzene rings is 3. The van der Waals surface area contributed by atoms with E-state index in [2.05, 4.69) is 6.08 Å². The summed E-state index contributed by atoms with van der Waals surface area (Å²) >= 11 is 1.57. The average Bonchev–Trinajstić information content (AvgIpc) is 3.34. The zero-order valence-corrected chi connectivity index (χ0v) is 26.1. The lowest BCUT2D eigenvalue weighted by molar-refractivity contribution is -0.147. The van der Waals surface area contributed by atoms with Crippen molar-refractivity contribution in [3.05, 3.63) is 132 Å². The van der Waals surface area contributed by atoms with Crippen LogP contribution in [0.3, 0.4) is 0 Å². The molecule has 4 aliphatic heterocycles. The quantitative estimate of drug-likeness (QED) is 0.391. The van der Waals surface area contributed by atoms with Gasteiger partial charge in [-0.15, -0.1) is 11.8 Å². The van der Waals surface area contributed by atoms with Gasteiger partial charge in [-0.25, -0.2) is 0 Å². The van der Waals surface area contributed by atoms with Crippen LogP contribution in [0.1, 0.15) is 29.7 Å². The number of nitrogens with zero attached hydrogens (tertiary/aromatic N) is 3. The van der Waals surface area contributed by atoms with Gasteiger partial charge in [0.05, 0.1) is 29.2 Å². The van der Waals surface area contributed by atoms with Crippen molar-refractivity contribution >= 4 is 29.5 Å². The molecule has 1 spiro atoms. The first-order valence-corrected chi connectivity index (χ1v) is 16.4. The number of rotatable bonds is 7. The van der Waals surface area contributed by atoms with E-state index in [9.17, 15) is 19.5 Å². The minimum Gasteiger partial charge on any atom is -0.394 e. The van der Waals surface area contributed by atoms with Gasteiger partial charge in [0, 0.05) is 30.9 Å². The van der Waals surface area contributed by atoms with E-state index in [0.717, 1.165) is 16.7 Å². The van der Waals surface area contributed by atoms with Crippen LogP contribution in [-0.2, 0) is 27.5 Å². The fourth-order valence-electron chi connectivity index (χ4n) is 7.82. The number of thioether (sulfide) groups is 1. The fraction of sp³-hybridized carbons (Fsp3) is 0.324. The van der Waals surface area contributed by atoms with E-state index in [4.69, 9.17) is 0 Å². The number of fused-ring (bicyclic) bond motifs is 2. The second kappa shape index (κ2) is 11.7. The topological polar surface area (TPSA) is 81.2 Å². The third-order valence-corrected chi connectivity index (χ3v) is 11.6. The SMILES string of the molecule is C[C@@]12C=CCN(Cc3ccccc3)C(=O)[C@@H]1[C@H]1C(=O)N([C@H](CO)c3ccccc3)C3C(=O)N(Cc4ccccc4)CC=C[C@@]31S2. The summed E-state index contributed by atoms with van der Waals surface area (Å²) < 4.78 is -1.69. The molecule has 0 saturated carbocycles. The predicted molar refractivity (Wildman–Crippen MR) is 175 cm³/mol. The Morgan fingerprint density at radius 1 is 0.733 bits per heavy atom. The number of aliphatic hydroxyl groups excluding tert-OH is 1. The largest absolute Gasteiger partial charge is 0.394 e. The fourth-order valence-corrected chi connectivity index (χ4v) is 9.96. The summed E-state index contributed by atoms with van der Waals surface area (Å²) in [5.41, 5.74) is 2.77.